The summed E-state index contributed by atoms with van der Waals surface area (Å²) in [6.07, 6.45) is 0.675. The van der Waals surface area contributed by atoms with Crippen LogP contribution in [-0.2, 0) is 14.3 Å². The van der Waals surface area contributed by atoms with Gasteiger partial charge in [-0.25, -0.2) is 5.01 Å². The SMILES string of the molecule is CCOC(=O)CCC1C(=O)N(c2ccc(C)cc2)N=C1C. The monoisotopic (exact) mass is 288 g/mol. The van der Waals surface area contributed by atoms with Crippen molar-refractivity contribution in [3.63, 3.8) is 0 Å². The van der Waals surface area contributed by atoms with E-state index in [1.54, 1.807) is 6.92 Å². The van der Waals surface area contributed by atoms with E-state index in [-0.39, 0.29) is 24.2 Å². The van der Waals surface area contributed by atoms with Crippen molar-refractivity contribution in [2.24, 2.45) is 11.0 Å². The van der Waals surface area contributed by atoms with Gasteiger partial charge in [0.05, 0.1) is 18.2 Å². The summed E-state index contributed by atoms with van der Waals surface area (Å²) < 4.78 is 4.89. The van der Waals surface area contributed by atoms with E-state index in [0.29, 0.717) is 13.0 Å². The molecular formula is C16H20N2O3. The molecule has 0 N–H and O–H groups in total. The number of anilines is 1. The summed E-state index contributed by atoms with van der Waals surface area (Å²) in [7, 11) is 0. The number of nitrogens with zero attached hydrogens (tertiary/aromatic N) is 2. The molecule has 1 aromatic carbocycles. The summed E-state index contributed by atoms with van der Waals surface area (Å²) in [4.78, 5) is 23.8. The van der Waals surface area contributed by atoms with Crippen LogP contribution in [0.2, 0.25) is 0 Å². The Bertz CT molecular complexity index is 563. The minimum absolute atomic E-state index is 0.0827. The second-order valence-electron chi connectivity index (χ2n) is 5.12. The predicted octanol–water partition coefficient (Wildman–Crippen LogP) is 2.68. The lowest BCUT2D eigenvalue weighted by molar-refractivity contribution is -0.143. The lowest BCUT2D eigenvalue weighted by Crippen LogP contribution is -2.27. The van der Waals surface area contributed by atoms with Crippen molar-refractivity contribution in [3.8, 4) is 0 Å². The number of carbonyl (C=O) groups is 2. The lowest BCUT2D eigenvalue weighted by Gasteiger charge is -2.14. The summed E-state index contributed by atoms with van der Waals surface area (Å²) in [6, 6.07) is 7.63. The molecule has 0 saturated carbocycles. The van der Waals surface area contributed by atoms with E-state index in [0.717, 1.165) is 17.0 Å². The zero-order valence-electron chi connectivity index (χ0n) is 12.6. The number of hydrogen-bond donors (Lipinski definition) is 0. The largest absolute Gasteiger partial charge is 0.466 e. The molecule has 0 bridgehead atoms. The van der Waals surface area contributed by atoms with Crippen LogP contribution < -0.4 is 5.01 Å². The number of esters is 1. The first kappa shape index (κ1) is 15.2. The number of hydrazone groups is 1. The number of aryl methyl sites for hydroxylation is 1. The van der Waals surface area contributed by atoms with Gasteiger partial charge < -0.3 is 4.74 Å². The molecule has 21 heavy (non-hydrogen) atoms. The van der Waals surface area contributed by atoms with Gasteiger partial charge in [-0.2, -0.15) is 5.10 Å². The molecule has 0 spiro atoms. The van der Waals surface area contributed by atoms with Gasteiger partial charge in [0, 0.05) is 12.1 Å². The van der Waals surface area contributed by atoms with E-state index in [1.165, 1.54) is 5.01 Å². The Hall–Kier alpha value is -2.17. The fraction of sp³-hybridized carbons (Fsp3) is 0.438. The van der Waals surface area contributed by atoms with Gasteiger partial charge >= 0.3 is 5.97 Å². The number of carbonyl (C=O) groups excluding carboxylic acids is 2. The van der Waals surface area contributed by atoms with Crippen LogP contribution in [0.15, 0.2) is 29.4 Å². The van der Waals surface area contributed by atoms with Gasteiger partial charge in [0.2, 0.25) is 0 Å². The van der Waals surface area contributed by atoms with Crippen molar-refractivity contribution in [1.29, 1.82) is 0 Å². The number of hydrogen-bond acceptors (Lipinski definition) is 4. The second kappa shape index (κ2) is 6.52. The molecule has 1 amide bonds. The maximum atomic E-state index is 12.4. The molecule has 0 radical (unpaired) electrons. The molecule has 2 rings (SSSR count). The van der Waals surface area contributed by atoms with Crippen molar-refractivity contribution in [2.75, 3.05) is 11.6 Å². The van der Waals surface area contributed by atoms with Crippen LogP contribution in [0.25, 0.3) is 0 Å². The first-order valence-corrected chi connectivity index (χ1v) is 7.14. The van der Waals surface area contributed by atoms with Crippen molar-refractivity contribution in [1.82, 2.24) is 0 Å². The van der Waals surface area contributed by atoms with E-state index in [9.17, 15) is 9.59 Å². The van der Waals surface area contributed by atoms with Gasteiger partial charge in [-0.1, -0.05) is 17.7 Å². The summed E-state index contributed by atoms with van der Waals surface area (Å²) in [5.74, 6) is -0.691. The van der Waals surface area contributed by atoms with Crippen molar-refractivity contribution in [3.05, 3.63) is 29.8 Å². The second-order valence-corrected chi connectivity index (χ2v) is 5.12. The highest BCUT2D eigenvalue weighted by Crippen LogP contribution is 2.26. The normalized spacial score (nSPS) is 17.9. The number of rotatable bonds is 5. The van der Waals surface area contributed by atoms with Gasteiger partial charge in [0.1, 0.15) is 0 Å². The Morgan fingerprint density at radius 3 is 2.57 bits per heavy atom. The van der Waals surface area contributed by atoms with Gasteiger partial charge in [-0.3, -0.25) is 9.59 Å². The van der Waals surface area contributed by atoms with E-state index in [4.69, 9.17) is 4.74 Å². The standard InChI is InChI=1S/C16H20N2O3/c1-4-21-15(19)10-9-14-12(3)17-18(16(14)20)13-7-5-11(2)6-8-13/h5-8,14H,4,9-10H2,1-3H3. The summed E-state index contributed by atoms with van der Waals surface area (Å²) in [5.41, 5.74) is 2.62. The van der Waals surface area contributed by atoms with Crippen molar-refractivity contribution < 1.29 is 14.3 Å². The Kier molecular flexibility index (Phi) is 4.73. The van der Waals surface area contributed by atoms with Crippen LogP contribution in [0.5, 0.6) is 0 Å². The van der Waals surface area contributed by atoms with E-state index in [1.807, 2.05) is 38.1 Å². The summed E-state index contributed by atoms with van der Waals surface area (Å²) in [6.45, 7) is 5.94. The molecule has 1 aromatic rings. The maximum Gasteiger partial charge on any atom is 0.305 e. The first-order chi connectivity index (χ1) is 10.0. The highest BCUT2D eigenvalue weighted by atomic mass is 16.5. The van der Waals surface area contributed by atoms with Crippen LogP contribution in [0.3, 0.4) is 0 Å². The smallest absolute Gasteiger partial charge is 0.305 e. The van der Waals surface area contributed by atoms with Crippen LogP contribution in [0.1, 0.15) is 32.3 Å². The minimum Gasteiger partial charge on any atom is -0.466 e. The quantitative estimate of drug-likeness (QED) is 0.783. The number of ether oxygens (including phenoxy) is 1. The summed E-state index contributed by atoms with van der Waals surface area (Å²) in [5, 5.41) is 5.74. The van der Waals surface area contributed by atoms with E-state index in [2.05, 4.69) is 5.10 Å². The van der Waals surface area contributed by atoms with Gasteiger partial charge in [-0.15, -0.1) is 0 Å². The van der Waals surface area contributed by atoms with E-state index < -0.39 is 0 Å². The maximum absolute atomic E-state index is 12.4. The highest BCUT2D eigenvalue weighted by molar-refractivity contribution is 6.14. The molecule has 5 nitrogen and oxygen atoms in total. The molecule has 5 heteroatoms. The fourth-order valence-electron chi connectivity index (χ4n) is 2.30. The average Bonchev–Trinajstić information content (AvgIpc) is 2.73. The van der Waals surface area contributed by atoms with E-state index >= 15 is 0 Å². The molecule has 0 aliphatic carbocycles. The van der Waals surface area contributed by atoms with Gasteiger partial charge in [-0.05, 0) is 39.3 Å². The Balaban J connectivity index is 2.04. The summed E-state index contributed by atoms with van der Waals surface area (Å²) >= 11 is 0. The topological polar surface area (TPSA) is 59.0 Å². The first-order valence-electron chi connectivity index (χ1n) is 7.14. The molecule has 112 valence electrons. The molecule has 1 aliphatic heterocycles. The molecule has 1 aliphatic rings. The number of benzene rings is 1. The fourth-order valence-corrected chi connectivity index (χ4v) is 2.30. The van der Waals surface area contributed by atoms with Crippen LogP contribution in [0, 0.1) is 12.8 Å². The van der Waals surface area contributed by atoms with Gasteiger partial charge in [0.25, 0.3) is 5.91 Å². The average molecular weight is 288 g/mol. The Morgan fingerprint density at radius 2 is 1.95 bits per heavy atom. The van der Waals surface area contributed by atoms with Crippen LogP contribution in [-0.4, -0.2) is 24.2 Å². The molecule has 0 fully saturated rings. The minimum atomic E-state index is -0.337. The van der Waals surface area contributed by atoms with Crippen molar-refractivity contribution in [2.45, 2.75) is 33.6 Å². The third-order valence-electron chi connectivity index (χ3n) is 3.49. The highest BCUT2D eigenvalue weighted by Gasteiger charge is 2.34. The van der Waals surface area contributed by atoms with Crippen molar-refractivity contribution >= 4 is 23.3 Å². The third kappa shape index (κ3) is 3.48. The zero-order chi connectivity index (χ0) is 15.4. The Morgan fingerprint density at radius 1 is 1.29 bits per heavy atom. The molecule has 0 aromatic heterocycles. The molecule has 1 unspecified atom stereocenters. The third-order valence-corrected chi connectivity index (χ3v) is 3.49. The Labute approximate surface area is 124 Å². The zero-order valence-corrected chi connectivity index (χ0v) is 12.6. The molecule has 0 saturated heterocycles. The van der Waals surface area contributed by atoms with Crippen LogP contribution in [0.4, 0.5) is 5.69 Å². The predicted molar refractivity (Wildman–Crippen MR) is 81.1 cm³/mol. The van der Waals surface area contributed by atoms with Crippen LogP contribution >= 0.6 is 0 Å². The number of amides is 1. The lowest BCUT2D eigenvalue weighted by atomic mass is 9.98. The molecule has 1 heterocycles. The van der Waals surface area contributed by atoms with Gasteiger partial charge in [0.15, 0.2) is 0 Å². The molecule has 1 atom stereocenters. The molecular weight excluding hydrogens is 268 g/mol.